The Morgan fingerprint density at radius 2 is 2.25 bits per heavy atom. The summed E-state index contributed by atoms with van der Waals surface area (Å²) < 4.78 is 15.1. The maximum Gasteiger partial charge on any atom is 0.265 e. The number of benzene rings is 1. The van der Waals surface area contributed by atoms with E-state index in [1.807, 2.05) is 24.3 Å². The maximum atomic E-state index is 11.9. The van der Waals surface area contributed by atoms with E-state index in [-0.39, 0.29) is 12.0 Å². The first kappa shape index (κ1) is 12.9. The van der Waals surface area contributed by atoms with Crippen molar-refractivity contribution in [2.24, 2.45) is 0 Å². The fourth-order valence-corrected chi connectivity index (χ4v) is 2.46. The van der Waals surface area contributed by atoms with Crippen molar-refractivity contribution in [2.75, 3.05) is 13.2 Å². The topological polar surface area (TPSA) is 73.3 Å². The molecule has 0 spiro atoms. The van der Waals surface area contributed by atoms with Crippen molar-refractivity contribution in [1.29, 1.82) is 0 Å². The number of ether oxygens (including phenoxy) is 2. The van der Waals surface area contributed by atoms with Crippen LogP contribution >= 0.6 is 11.5 Å². The number of nitrogens with zero attached hydrogens (tertiary/aromatic N) is 2. The number of fused-ring (bicyclic) bond motifs is 1. The normalized spacial score (nSPS) is 16.8. The Morgan fingerprint density at radius 3 is 3.00 bits per heavy atom. The lowest BCUT2D eigenvalue weighted by molar-refractivity contribution is 0.0791. The number of carbonyl (C=O) groups excluding carboxylic acids is 1. The Balaban J connectivity index is 1.58. The molecule has 0 radical (unpaired) electrons. The van der Waals surface area contributed by atoms with Crippen molar-refractivity contribution < 1.29 is 14.3 Å². The monoisotopic (exact) mass is 291 g/mol. The van der Waals surface area contributed by atoms with Gasteiger partial charge < -0.3 is 14.8 Å². The smallest absolute Gasteiger partial charge is 0.265 e. The number of hydrogen-bond acceptors (Lipinski definition) is 6. The Hall–Kier alpha value is -2.15. The van der Waals surface area contributed by atoms with E-state index in [4.69, 9.17) is 9.47 Å². The van der Waals surface area contributed by atoms with Gasteiger partial charge in [-0.25, -0.2) is 0 Å². The number of rotatable bonds is 3. The molecule has 1 amide bonds. The fourth-order valence-electron chi connectivity index (χ4n) is 1.89. The molecule has 0 aliphatic carbocycles. The van der Waals surface area contributed by atoms with Crippen LogP contribution in [-0.4, -0.2) is 34.7 Å². The summed E-state index contributed by atoms with van der Waals surface area (Å²) in [6.45, 7) is 2.55. The van der Waals surface area contributed by atoms with E-state index in [0.29, 0.717) is 29.5 Å². The first-order valence-electron chi connectivity index (χ1n) is 6.19. The molecule has 0 fully saturated rings. The Kier molecular flexibility index (Phi) is 3.51. The number of aryl methyl sites for hydroxylation is 1. The highest BCUT2D eigenvalue weighted by atomic mass is 32.1. The molecule has 2 aromatic rings. The number of hydrogen-bond donors (Lipinski definition) is 1. The lowest BCUT2D eigenvalue weighted by atomic mass is 10.2. The van der Waals surface area contributed by atoms with Crippen molar-refractivity contribution in [1.82, 2.24) is 14.9 Å². The molecule has 0 bridgehead atoms. The summed E-state index contributed by atoms with van der Waals surface area (Å²) in [5.41, 5.74) is 0.638. The van der Waals surface area contributed by atoms with Crippen LogP contribution in [-0.2, 0) is 0 Å². The van der Waals surface area contributed by atoms with Gasteiger partial charge in [0.25, 0.3) is 5.91 Å². The summed E-state index contributed by atoms with van der Waals surface area (Å²) in [6, 6.07) is 7.48. The zero-order chi connectivity index (χ0) is 13.9. The molecule has 0 saturated heterocycles. The van der Waals surface area contributed by atoms with Crippen LogP contribution in [0.3, 0.4) is 0 Å². The molecule has 2 heterocycles. The highest BCUT2D eigenvalue weighted by Gasteiger charge is 2.22. The van der Waals surface area contributed by atoms with Gasteiger partial charge in [0.2, 0.25) is 0 Å². The molecule has 1 atom stereocenters. The standard InChI is InChI=1S/C13H13N3O3S/c1-8-12(20-16-15-8)13(17)14-6-9-7-18-10-4-2-3-5-11(10)19-9/h2-5,9H,6-7H2,1H3,(H,14,17). The largest absolute Gasteiger partial charge is 0.486 e. The summed E-state index contributed by atoms with van der Waals surface area (Å²) in [4.78, 5) is 12.5. The first-order valence-corrected chi connectivity index (χ1v) is 6.97. The minimum Gasteiger partial charge on any atom is -0.486 e. The minimum atomic E-state index is -0.199. The number of amides is 1. The van der Waals surface area contributed by atoms with Crippen LogP contribution in [0.1, 0.15) is 15.4 Å². The second-order valence-corrected chi connectivity index (χ2v) is 5.15. The van der Waals surface area contributed by atoms with E-state index in [1.165, 1.54) is 0 Å². The van der Waals surface area contributed by atoms with Crippen molar-refractivity contribution >= 4 is 17.4 Å². The van der Waals surface area contributed by atoms with Crippen LogP contribution < -0.4 is 14.8 Å². The van der Waals surface area contributed by atoms with Gasteiger partial charge in [-0.15, -0.1) is 5.10 Å². The van der Waals surface area contributed by atoms with Crippen molar-refractivity contribution in [3.63, 3.8) is 0 Å². The molecule has 1 aromatic carbocycles. The molecule has 7 heteroatoms. The van der Waals surface area contributed by atoms with Crippen LogP contribution in [0.15, 0.2) is 24.3 Å². The predicted octanol–water partition coefficient (Wildman–Crippen LogP) is 1.42. The van der Waals surface area contributed by atoms with Gasteiger partial charge in [0, 0.05) is 0 Å². The van der Waals surface area contributed by atoms with Gasteiger partial charge in [0.1, 0.15) is 17.6 Å². The van der Waals surface area contributed by atoms with E-state index >= 15 is 0 Å². The van der Waals surface area contributed by atoms with E-state index in [0.717, 1.165) is 17.3 Å². The predicted molar refractivity (Wildman–Crippen MR) is 73.3 cm³/mol. The third-order valence-corrected chi connectivity index (χ3v) is 3.74. The van der Waals surface area contributed by atoms with E-state index in [2.05, 4.69) is 14.9 Å². The maximum absolute atomic E-state index is 11.9. The van der Waals surface area contributed by atoms with E-state index in [1.54, 1.807) is 6.92 Å². The Bertz CT molecular complexity index is 629. The third kappa shape index (κ3) is 2.57. The van der Waals surface area contributed by atoms with Gasteiger partial charge in [-0.2, -0.15) is 0 Å². The Labute approximate surface area is 119 Å². The van der Waals surface area contributed by atoms with Crippen LogP contribution in [0.2, 0.25) is 0 Å². The summed E-state index contributed by atoms with van der Waals surface area (Å²) in [5.74, 6) is 1.26. The van der Waals surface area contributed by atoms with Gasteiger partial charge in [-0.05, 0) is 30.6 Å². The molecule has 6 nitrogen and oxygen atoms in total. The molecule has 1 aromatic heterocycles. The summed E-state index contributed by atoms with van der Waals surface area (Å²) in [6.07, 6.45) is -0.199. The fraction of sp³-hybridized carbons (Fsp3) is 0.308. The Morgan fingerprint density at radius 1 is 1.45 bits per heavy atom. The molecule has 104 valence electrons. The van der Waals surface area contributed by atoms with Crippen molar-refractivity contribution in [3.05, 3.63) is 34.8 Å². The molecule has 1 aliphatic rings. The van der Waals surface area contributed by atoms with Crippen LogP contribution in [0.5, 0.6) is 11.5 Å². The second kappa shape index (κ2) is 5.46. The quantitative estimate of drug-likeness (QED) is 0.925. The molecule has 0 saturated carbocycles. The van der Waals surface area contributed by atoms with E-state index in [9.17, 15) is 4.79 Å². The van der Waals surface area contributed by atoms with Crippen LogP contribution in [0.25, 0.3) is 0 Å². The van der Waals surface area contributed by atoms with Gasteiger partial charge in [-0.3, -0.25) is 4.79 Å². The highest BCUT2D eigenvalue weighted by Crippen LogP contribution is 2.30. The van der Waals surface area contributed by atoms with E-state index < -0.39 is 0 Å². The zero-order valence-corrected chi connectivity index (χ0v) is 11.6. The summed E-state index contributed by atoms with van der Waals surface area (Å²) in [5, 5.41) is 6.63. The molecule has 3 rings (SSSR count). The lowest BCUT2D eigenvalue weighted by Crippen LogP contribution is -2.40. The third-order valence-electron chi connectivity index (χ3n) is 2.92. The first-order chi connectivity index (χ1) is 9.74. The SMILES string of the molecule is Cc1nnsc1C(=O)NCC1COc2ccccc2O1. The van der Waals surface area contributed by atoms with Gasteiger partial charge in [0.05, 0.1) is 12.2 Å². The van der Waals surface area contributed by atoms with Crippen molar-refractivity contribution in [3.8, 4) is 11.5 Å². The number of para-hydroxylation sites is 2. The molecule has 20 heavy (non-hydrogen) atoms. The van der Waals surface area contributed by atoms with Gasteiger partial charge in [-0.1, -0.05) is 16.6 Å². The average molecular weight is 291 g/mol. The number of aromatic nitrogens is 2. The molecule has 1 unspecified atom stereocenters. The molecular weight excluding hydrogens is 278 g/mol. The van der Waals surface area contributed by atoms with Crippen molar-refractivity contribution in [2.45, 2.75) is 13.0 Å². The zero-order valence-electron chi connectivity index (χ0n) is 10.8. The van der Waals surface area contributed by atoms with Crippen LogP contribution in [0.4, 0.5) is 0 Å². The lowest BCUT2D eigenvalue weighted by Gasteiger charge is -2.26. The molecular formula is C13H13N3O3S. The summed E-state index contributed by atoms with van der Waals surface area (Å²) >= 11 is 1.09. The molecule has 1 aliphatic heterocycles. The molecule has 1 N–H and O–H groups in total. The average Bonchev–Trinajstić information content (AvgIpc) is 2.91. The number of carbonyl (C=O) groups is 1. The van der Waals surface area contributed by atoms with Gasteiger partial charge in [0.15, 0.2) is 11.5 Å². The highest BCUT2D eigenvalue weighted by molar-refractivity contribution is 7.07. The van der Waals surface area contributed by atoms with Crippen LogP contribution in [0, 0.1) is 6.92 Å². The van der Waals surface area contributed by atoms with Gasteiger partial charge >= 0.3 is 0 Å². The summed E-state index contributed by atoms with van der Waals surface area (Å²) in [7, 11) is 0. The number of nitrogens with one attached hydrogen (secondary N) is 1. The second-order valence-electron chi connectivity index (χ2n) is 4.40. The minimum absolute atomic E-state index is 0.181.